The molecule has 2 nitrogen and oxygen atoms in total. The Morgan fingerprint density at radius 3 is 2.27 bits per heavy atom. The average molecular weight is 158 g/mol. The smallest absolute Gasteiger partial charge is 0.00362 e. The fourth-order valence-electron chi connectivity index (χ4n) is 0.907. The van der Waals surface area contributed by atoms with Crippen LogP contribution in [0.4, 0.5) is 0 Å². The second kappa shape index (κ2) is 6.62. The van der Waals surface area contributed by atoms with Gasteiger partial charge in [0.05, 0.1) is 0 Å². The summed E-state index contributed by atoms with van der Waals surface area (Å²) in [6.07, 6.45) is 2.38. The van der Waals surface area contributed by atoms with Crippen molar-refractivity contribution in [3.8, 4) is 0 Å². The van der Waals surface area contributed by atoms with Crippen LogP contribution < -0.4 is 11.1 Å². The van der Waals surface area contributed by atoms with Crippen molar-refractivity contribution in [2.24, 2.45) is 11.7 Å². The average Bonchev–Trinajstić information content (AvgIpc) is 2.06. The van der Waals surface area contributed by atoms with Gasteiger partial charge < -0.3 is 11.1 Å². The summed E-state index contributed by atoms with van der Waals surface area (Å²) in [6.45, 7) is 8.47. The second-order valence-corrected chi connectivity index (χ2v) is 3.23. The highest BCUT2D eigenvalue weighted by Crippen LogP contribution is 1.98. The van der Waals surface area contributed by atoms with Crippen LogP contribution in [0.25, 0.3) is 0 Å². The maximum absolute atomic E-state index is 5.57. The molecule has 0 aliphatic carbocycles. The lowest BCUT2D eigenvalue weighted by molar-refractivity contribution is 0.429. The van der Waals surface area contributed by atoms with E-state index in [1.807, 2.05) is 0 Å². The van der Waals surface area contributed by atoms with E-state index in [0.29, 0.717) is 12.0 Å². The van der Waals surface area contributed by atoms with E-state index in [4.69, 9.17) is 5.73 Å². The predicted molar refractivity (Wildman–Crippen MR) is 50.6 cm³/mol. The fraction of sp³-hybridized carbons (Fsp3) is 1.00. The van der Waals surface area contributed by atoms with Crippen LogP contribution >= 0.6 is 0 Å². The molecule has 0 heterocycles. The van der Waals surface area contributed by atoms with E-state index in [1.54, 1.807) is 0 Å². The van der Waals surface area contributed by atoms with Crippen molar-refractivity contribution in [2.45, 2.75) is 39.7 Å². The summed E-state index contributed by atoms with van der Waals surface area (Å²) in [5, 5.41) is 3.45. The van der Waals surface area contributed by atoms with E-state index < -0.39 is 0 Å². The third-order valence-corrected chi connectivity index (χ3v) is 2.28. The third-order valence-electron chi connectivity index (χ3n) is 2.28. The van der Waals surface area contributed by atoms with Gasteiger partial charge in [-0.2, -0.15) is 0 Å². The molecule has 2 heteroatoms. The molecule has 0 fully saturated rings. The van der Waals surface area contributed by atoms with Gasteiger partial charge in [0.2, 0.25) is 0 Å². The molecule has 0 bridgehead atoms. The Morgan fingerprint density at radius 1 is 1.27 bits per heavy atom. The van der Waals surface area contributed by atoms with Crippen LogP contribution in [0, 0.1) is 5.92 Å². The van der Waals surface area contributed by atoms with E-state index in [2.05, 4.69) is 26.1 Å². The zero-order valence-electron chi connectivity index (χ0n) is 8.06. The van der Waals surface area contributed by atoms with E-state index in [0.717, 1.165) is 13.1 Å². The van der Waals surface area contributed by atoms with Gasteiger partial charge in [0, 0.05) is 6.04 Å². The summed E-state index contributed by atoms with van der Waals surface area (Å²) in [5.41, 5.74) is 5.57. The topological polar surface area (TPSA) is 38.0 Å². The normalized spacial score (nSPS) is 16.4. The maximum atomic E-state index is 5.57. The number of nitrogens with one attached hydrogen (secondary N) is 1. The Bertz CT molecular complexity index is 79.6. The zero-order valence-corrected chi connectivity index (χ0v) is 8.06. The lowest BCUT2D eigenvalue weighted by atomic mass is 10.1. The molecule has 0 rings (SSSR count). The van der Waals surface area contributed by atoms with Gasteiger partial charge in [-0.1, -0.05) is 20.3 Å². The Morgan fingerprint density at radius 2 is 1.91 bits per heavy atom. The van der Waals surface area contributed by atoms with Crippen LogP contribution in [0.5, 0.6) is 0 Å². The van der Waals surface area contributed by atoms with Crippen LogP contribution in [0.15, 0.2) is 0 Å². The summed E-state index contributed by atoms with van der Waals surface area (Å²) in [6, 6.07) is 0.635. The monoisotopic (exact) mass is 158 g/mol. The molecule has 2 atom stereocenters. The Kier molecular flexibility index (Phi) is 6.57. The highest BCUT2D eigenvalue weighted by atomic mass is 14.9. The Balaban J connectivity index is 3.34. The largest absolute Gasteiger partial charge is 0.330 e. The highest BCUT2D eigenvalue weighted by Gasteiger charge is 2.04. The first-order valence-electron chi connectivity index (χ1n) is 4.68. The molecule has 0 saturated heterocycles. The molecule has 0 spiro atoms. The van der Waals surface area contributed by atoms with Crippen molar-refractivity contribution >= 4 is 0 Å². The number of rotatable bonds is 6. The highest BCUT2D eigenvalue weighted by molar-refractivity contribution is 4.64. The summed E-state index contributed by atoms with van der Waals surface area (Å²) in [5.74, 6) is 0.656. The standard InChI is InChI=1S/C9H22N2/c1-4-8(3)11-7-9(5-2)6-10/h8-9,11H,4-7,10H2,1-3H3. The van der Waals surface area contributed by atoms with Crippen molar-refractivity contribution in [3.05, 3.63) is 0 Å². The van der Waals surface area contributed by atoms with Crippen molar-refractivity contribution in [3.63, 3.8) is 0 Å². The number of hydrogen-bond acceptors (Lipinski definition) is 2. The van der Waals surface area contributed by atoms with E-state index in [1.165, 1.54) is 12.8 Å². The molecule has 0 saturated carbocycles. The summed E-state index contributed by atoms with van der Waals surface area (Å²) < 4.78 is 0. The van der Waals surface area contributed by atoms with Gasteiger partial charge >= 0.3 is 0 Å². The number of nitrogens with two attached hydrogens (primary N) is 1. The van der Waals surface area contributed by atoms with Gasteiger partial charge in [-0.3, -0.25) is 0 Å². The first-order chi connectivity index (χ1) is 5.24. The molecule has 0 aliphatic rings. The molecule has 11 heavy (non-hydrogen) atoms. The van der Waals surface area contributed by atoms with E-state index in [-0.39, 0.29) is 0 Å². The fourth-order valence-corrected chi connectivity index (χ4v) is 0.907. The van der Waals surface area contributed by atoms with E-state index in [9.17, 15) is 0 Å². The molecular weight excluding hydrogens is 136 g/mol. The van der Waals surface area contributed by atoms with Crippen LogP contribution in [0.1, 0.15) is 33.6 Å². The van der Waals surface area contributed by atoms with E-state index >= 15 is 0 Å². The minimum Gasteiger partial charge on any atom is -0.330 e. The Labute approximate surface area is 70.5 Å². The Hall–Kier alpha value is -0.0800. The quantitative estimate of drug-likeness (QED) is 0.612. The van der Waals surface area contributed by atoms with Gasteiger partial charge in [0.15, 0.2) is 0 Å². The second-order valence-electron chi connectivity index (χ2n) is 3.23. The molecule has 0 aliphatic heterocycles. The first-order valence-corrected chi connectivity index (χ1v) is 4.68. The minimum absolute atomic E-state index is 0.635. The van der Waals surface area contributed by atoms with Crippen molar-refractivity contribution in [1.29, 1.82) is 0 Å². The van der Waals surface area contributed by atoms with Crippen molar-refractivity contribution in [1.82, 2.24) is 5.32 Å². The molecule has 0 radical (unpaired) electrons. The molecule has 2 unspecified atom stereocenters. The molecular formula is C9H22N2. The first kappa shape index (κ1) is 10.9. The van der Waals surface area contributed by atoms with Gasteiger partial charge in [-0.15, -0.1) is 0 Å². The lowest BCUT2D eigenvalue weighted by Gasteiger charge is -2.16. The minimum atomic E-state index is 0.635. The van der Waals surface area contributed by atoms with Crippen molar-refractivity contribution in [2.75, 3.05) is 13.1 Å². The van der Waals surface area contributed by atoms with Crippen molar-refractivity contribution < 1.29 is 0 Å². The van der Waals surface area contributed by atoms with Gasteiger partial charge in [0.1, 0.15) is 0 Å². The van der Waals surface area contributed by atoms with Gasteiger partial charge in [0.25, 0.3) is 0 Å². The third kappa shape index (κ3) is 5.22. The molecule has 0 aromatic heterocycles. The SMILES string of the molecule is CCC(CN)CNC(C)CC. The maximum Gasteiger partial charge on any atom is 0.00362 e. The summed E-state index contributed by atoms with van der Waals surface area (Å²) in [4.78, 5) is 0. The van der Waals surface area contributed by atoms with Crippen LogP contribution in [0.3, 0.4) is 0 Å². The van der Waals surface area contributed by atoms with Crippen LogP contribution in [-0.4, -0.2) is 19.1 Å². The molecule has 0 amide bonds. The molecule has 0 aromatic rings. The predicted octanol–water partition coefficient (Wildman–Crippen LogP) is 1.36. The van der Waals surface area contributed by atoms with Crippen LogP contribution in [-0.2, 0) is 0 Å². The molecule has 3 N–H and O–H groups in total. The number of hydrogen-bond donors (Lipinski definition) is 2. The summed E-state index contributed by atoms with van der Waals surface area (Å²) >= 11 is 0. The van der Waals surface area contributed by atoms with Crippen LogP contribution in [0.2, 0.25) is 0 Å². The van der Waals surface area contributed by atoms with Gasteiger partial charge in [-0.05, 0) is 32.4 Å². The lowest BCUT2D eigenvalue weighted by Crippen LogP contribution is -2.33. The summed E-state index contributed by atoms with van der Waals surface area (Å²) in [7, 11) is 0. The molecule has 0 aromatic carbocycles. The molecule has 68 valence electrons. The van der Waals surface area contributed by atoms with Gasteiger partial charge in [-0.25, -0.2) is 0 Å². The zero-order chi connectivity index (χ0) is 8.69.